The Balaban J connectivity index is 3.02. The summed E-state index contributed by atoms with van der Waals surface area (Å²) in [6, 6.07) is 2.11. The van der Waals surface area contributed by atoms with Crippen molar-refractivity contribution >= 4 is 33.7 Å². The molecule has 0 saturated carbocycles. The Kier molecular flexibility index (Phi) is 7.04. The Bertz CT molecular complexity index is 580. The maximum absolute atomic E-state index is 13.8. The molecule has 1 aromatic heterocycles. The van der Waals surface area contributed by atoms with E-state index in [1.165, 1.54) is 13.8 Å². The summed E-state index contributed by atoms with van der Waals surface area (Å²) in [5.74, 6) is -0.395. The zero-order valence-electron chi connectivity index (χ0n) is 15.7. The number of pyridine rings is 1. The first-order valence-corrected chi connectivity index (χ1v) is 18.2. The Morgan fingerprint density at radius 2 is 1.96 bits per heavy atom. The fourth-order valence-electron chi connectivity index (χ4n) is 2.00. The van der Waals surface area contributed by atoms with Crippen LogP contribution < -0.4 is 14.3 Å². The third-order valence-corrected chi connectivity index (χ3v) is 8.74. The van der Waals surface area contributed by atoms with Crippen LogP contribution in [-0.4, -0.2) is 58.7 Å². The summed E-state index contributed by atoms with van der Waals surface area (Å²) < 4.78 is 14.9. The number of alkyl halides is 1. The number of hydrogen-bond acceptors (Lipinski definition) is 4. The van der Waals surface area contributed by atoms with Crippen molar-refractivity contribution in [1.29, 1.82) is 0 Å². The van der Waals surface area contributed by atoms with Gasteiger partial charge in [0.15, 0.2) is 0 Å². The van der Waals surface area contributed by atoms with Crippen molar-refractivity contribution in [1.82, 2.24) is 10.3 Å². The minimum atomic E-state index is -2.36. The van der Waals surface area contributed by atoms with Gasteiger partial charge in [0.05, 0.1) is 0 Å². The SMILES string of the molecule is CC(C)Nc1c[c]([Sn]([CH3])([CH3])[CH3])ncc1C(=O)NC[C@@H](F)C(C)(C)O. The molecule has 0 aliphatic heterocycles. The molecule has 0 spiro atoms. The van der Waals surface area contributed by atoms with E-state index in [0.29, 0.717) is 5.56 Å². The molecule has 0 fully saturated rings. The number of nitrogens with one attached hydrogen (secondary N) is 2. The van der Waals surface area contributed by atoms with E-state index in [1.54, 1.807) is 6.20 Å². The molecule has 24 heavy (non-hydrogen) atoms. The average molecular weight is 446 g/mol. The molecule has 1 rings (SSSR count). The van der Waals surface area contributed by atoms with Crippen molar-refractivity contribution in [2.45, 2.75) is 60.3 Å². The van der Waals surface area contributed by atoms with Crippen LogP contribution in [0.25, 0.3) is 0 Å². The molecule has 1 heterocycles. The molecule has 0 bridgehead atoms. The molecule has 136 valence electrons. The quantitative estimate of drug-likeness (QED) is 0.563. The van der Waals surface area contributed by atoms with Gasteiger partial charge in [-0.2, -0.15) is 0 Å². The first-order chi connectivity index (χ1) is 10.8. The van der Waals surface area contributed by atoms with E-state index < -0.39 is 36.1 Å². The first-order valence-electron chi connectivity index (χ1n) is 8.24. The second-order valence-corrected chi connectivity index (χ2v) is 22.3. The fourth-order valence-corrected chi connectivity index (χ4v) is 4.94. The van der Waals surface area contributed by atoms with Crippen LogP contribution in [0.3, 0.4) is 0 Å². The molecular formula is C17H30FN3O2Sn. The van der Waals surface area contributed by atoms with Crippen molar-refractivity contribution in [3.05, 3.63) is 17.8 Å². The number of aliphatic hydroxyl groups is 1. The monoisotopic (exact) mass is 447 g/mol. The summed E-state index contributed by atoms with van der Waals surface area (Å²) in [5.41, 5.74) is -0.376. The molecule has 1 amide bonds. The zero-order valence-corrected chi connectivity index (χ0v) is 18.6. The number of rotatable bonds is 7. The van der Waals surface area contributed by atoms with Crippen LogP contribution >= 0.6 is 0 Å². The predicted molar refractivity (Wildman–Crippen MR) is 99.5 cm³/mol. The average Bonchev–Trinajstić information content (AvgIpc) is 2.41. The number of amides is 1. The number of carbonyl (C=O) groups is 1. The van der Waals surface area contributed by atoms with Crippen LogP contribution in [0, 0.1) is 0 Å². The van der Waals surface area contributed by atoms with Gasteiger partial charge in [0.1, 0.15) is 0 Å². The van der Waals surface area contributed by atoms with E-state index in [-0.39, 0.29) is 12.6 Å². The van der Waals surface area contributed by atoms with E-state index in [2.05, 4.69) is 30.4 Å². The molecule has 3 N–H and O–H groups in total. The minimum absolute atomic E-state index is 0.160. The fraction of sp³-hybridized carbons (Fsp3) is 0.647. The molecule has 7 heteroatoms. The summed E-state index contributed by atoms with van der Waals surface area (Å²) in [6.07, 6.45) is 0.0236. The van der Waals surface area contributed by atoms with E-state index >= 15 is 0 Å². The normalized spacial score (nSPS) is 13.8. The van der Waals surface area contributed by atoms with E-state index in [1.807, 2.05) is 19.9 Å². The summed E-state index contributed by atoms with van der Waals surface area (Å²) in [6.45, 7) is 6.50. The molecule has 5 nitrogen and oxygen atoms in total. The van der Waals surface area contributed by atoms with Crippen molar-refractivity contribution in [2.24, 2.45) is 0 Å². The third kappa shape index (κ3) is 6.20. The predicted octanol–water partition coefficient (Wildman–Crippen LogP) is 2.29. The maximum atomic E-state index is 13.8. The number of hydrogen-bond donors (Lipinski definition) is 3. The van der Waals surface area contributed by atoms with Gasteiger partial charge in [-0.05, 0) is 0 Å². The number of anilines is 1. The van der Waals surface area contributed by atoms with Gasteiger partial charge in [-0.1, -0.05) is 0 Å². The van der Waals surface area contributed by atoms with E-state index in [4.69, 9.17) is 0 Å². The zero-order chi connectivity index (χ0) is 18.7. The van der Waals surface area contributed by atoms with Crippen LogP contribution in [0.15, 0.2) is 12.3 Å². The first kappa shape index (κ1) is 21.2. The van der Waals surface area contributed by atoms with Crippen molar-refractivity contribution in [2.75, 3.05) is 11.9 Å². The van der Waals surface area contributed by atoms with E-state index in [0.717, 1.165) is 9.40 Å². The van der Waals surface area contributed by atoms with Crippen molar-refractivity contribution in [3.63, 3.8) is 0 Å². The molecule has 0 aromatic carbocycles. The van der Waals surface area contributed by atoms with Gasteiger partial charge in [-0.25, -0.2) is 0 Å². The molecule has 1 atom stereocenters. The van der Waals surface area contributed by atoms with Gasteiger partial charge >= 0.3 is 148 Å². The van der Waals surface area contributed by atoms with Crippen molar-refractivity contribution in [3.8, 4) is 0 Å². The van der Waals surface area contributed by atoms with Gasteiger partial charge in [0.2, 0.25) is 0 Å². The topological polar surface area (TPSA) is 74.2 Å². The third-order valence-electron chi connectivity index (χ3n) is 3.57. The summed E-state index contributed by atoms with van der Waals surface area (Å²) in [4.78, 5) is 23.7. The number of carbonyl (C=O) groups excluding carboxylic acids is 1. The van der Waals surface area contributed by atoms with Gasteiger partial charge < -0.3 is 0 Å². The molecule has 0 radical (unpaired) electrons. The van der Waals surface area contributed by atoms with Gasteiger partial charge in [0.25, 0.3) is 0 Å². The molecule has 0 aliphatic carbocycles. The Morgan fingerprint density at radius 1 is 1.38 bits per heavy atom. The van der Waals surface area contributed by atoms with Gasteiger partial charge in [-0.15, -0.1) is 0 Å². The van der Waals surface area contributed by atoms with Crippen LogP contribution in [0.2, 0.25) is 14.8 Å². The summed E-state index contributed by atoms with van der Waals surface area (Å²) in [7, 11) is 0. The Labute approximate surface area is 148 Å². The van der Waals surface area contributed by atoms with Gasteiger partial charge in [0, 0.05) is 0 Å². The number of aromatic nitrogens is 1. The Hall–Kier alpha value is -0.891. The molecule has 0 unspecified atom stereocenters. The molecule has 1 aromatic rings. The number of nitrogens with zero attached hydrogens (tertiary/aromatic N) is 1. The Morgan fingerprint density at radius 3 is 2.42 bits per heavy atom. The molecular weight excluding hydrogens is 416 g/mol. The molecule has 0 saturated heterocycles. The van der Waals surface area contributed by atoms with Crippen molar-refractivity contribution < 1.29 is 14.3 Å². The van der Waals surface area contributed by atoms with Crippen LogP contribution in [0.1, 0.15) is 38.1 Å². The summed E-state index contributed by atoms with van der Waals surface area (Å²) >= 11 is -2.36. The van der Waals surface area contributed by atoms with E-state index in [9.17, 15) is 14.3 Å². The number of halogens is 1. The second-order valence-electron chi connectivity index (χ2n) is 8.00. The van der Waals surface area contributed by atoms with Gasteiger partial charge in [-0.3, -0.25) is 0 Å². The standard InChI is InChI=1S/C14H21FN3O2.3CH3.Sn/c1-9(2)18-11-5-6-16-7-10(11)13(19)17-8-12(15)14(3,4)20;;;;/h5,7,9,12,20H,8H2,1-4H3,(H,16,18)(H,17,19);3*1H3;/t12-;;;;/m1..../s1. The van der Waals surface area contributed by atoms with Crippen LogP contribution in [0.4, 0.5) is 10.1 Å². The second kappa shape index (κ2) is 7.99. The molecule has 0 aliphatic rings. The van der Waals surface area contributed by atoms with Crippen LogP contribution in [-0.2, 0) is 0 Å². The van der Waals surface area contributed by atoms with Crippen LogP contribution in [0.5, 0.6) is 0 Å². The summed E-state index contributed by atoms with van der Waals surface area (Å²) in [5, 5.41) is 15.4.